The largest absolute Gasteiger partial charge is 0.468 e. The summed E-state index contributed by atoms with van der Waals surface area (Å²) in [5, 5.41) is 0. The van der Waals surface area contributed by atoms with Gasteiger partial charge < -0.3 is 15.4 Å². The minimum atomic E-state index is -0.902. The molecule has 0 unspecified atom stereocenters. The second kappa shape index (κ2) is 3.96. The zero-order valence-electron chi connectivity index (χ0n) is 8.58. The number of methoxy groups -OCH3 is 1. The van der Waals surface area contributed by atoms with Crippen molar-refractivity contribution in [2.75, 3.05) is 20.2 Å². The first-order chi connectivity index (χ1) is 6.49. The number of amides is 1. The first-order valence-corrected chi connectivity index (χ1v) is 4.62. The number of likely N-dealkylation sites (tertiary alicyclic amines) is 1. The molecule has 0 aromatic rings. The van der Waals surface area contributed by atoms with Gasteiger partial charge in [-0.15, -0.1) is 0 Å². The van der Waals surface area contributed by atoms with Crippen molar-refractivity contribution in [3.05, 3.63) is 0 Å². The van der Waals surface area contributed by atoms with Crippen molar-refractivity contribution in [2.24, 2.45) is 5.73 Å². The fourth-order valence-corrected chi connectivity index (χ4v) is 1.63. The van der Waals surface area contributed by atoms with Crippen LogP contribution < -0.4 is 5.73 Å². The number of hydrogen-bond acceptors (Lipinski definition) is 4. The van der Waals surface area contributed by atoms with Gasteiger partial charge in [0.15, 0.2) is 0 Å². The predicted octanol–water partition coefficient (Wildman–Crippen LogP) is -0.501. The molecule has 2 N–H and O–H groups in total. The Hall–Kier alpha value is -1.10. The van der Waals surface area contributed by atoms with E-state index in [4.69, 9.17) is 5.73 Å². The van der Waals surface area contributed by atoms with E-state index in [-0.39, 0.29) is 11.9 Å². The smallest absolute Gasteiger partial charge is 0.325 e. The minimum Gasteiger partial charge on any atom is -0.468 e. The summed E-state index contributed by atoms with van der Waals surface area (Å²) in [6, 6.07) is 0. The molecule has 0 aromatic heterocycles. The fraction of sp³-hybridized carbons (Fsp3) is 0.778. The van der Waals surface area contributed by atoms with Crippen molar-refractivity contribution in [3.8, 4) is 0 Å². The zero-order chi connectivity index (χ0) is 10.8. The molecule has 0 bridgehead atoms. The average Bonchev–Trinajstić information content (AvgIpc) is 2.17. The van der Waals surface area contributed by atoms with E-state index in [0.29, 0.717) is 25.9 Å². The summed E-state index contributed by atoms with van der Waals surface area (Å²) in [6.45, 7) is 2.57. The maximum Gasteiger partial charge on any atom is 0.325 e. The average molecular weight is 200 g/mol. The Bertz CT molecular complexity index is 244. The maximum absolute atomic E-state index is 11.3. The lowest BCUT2D eigenvalue weighted by atomic mass is 9.89. The topological polar surface area (TPSA) is 72.6 Å². The number of rotatable bonds is 1. The van der Waals surface area contributed by atoms with Crippen LogP contribution in [-0.4, -0.2) is 42.5 Å². The first kappa shape index (κ1) is 11.0. The number of hydrogen-bond donors (Lipinski definition) is 1. The zero-order valence-corrected chi connectivity index (χ0v) is 8.58. The number of carbonyl (C=O) groups is 2. The summed E-state index contributed by atoms with van der Waals surface area (Å²) in [4.78, 5) is 24.0. The van der Waals surface area contributed by atoms with Crippen LogP contribution >= 0.6 is 0 Å². The van der Waals surface area contributed by atoms with Crippen molar-refractivity contribution < 1.29 is 14.3 Å². The number of nitrogens with two attached hydrogens (primary N) is 1. The van der Waals surface area contributed by atoms with Gasteiger partial charge in [0.05, 0.1) is 7.11 Å². The highest BCUT2D eigenvalue weighted by Crippen LogP contribution is 2.20. The highest BCUT2D eigenvalue weighted by Gasteiger charge is 2.39. The summed E-state index contributed by atoms with van der Waals surface area (Å²) in [6.07, 6.45) is 0.943. The fourth-order valence-electron chi connectivity index (χ4n) is 1.63. The first-order valence-electron chi connectivity index (χ1n) is 4.62. The van der Waals surface area contributed by atoms with E-state index < -0.39 is 5.54 Å². The molecule has 0 aromatic carbocycles. The van der Waals surface area contributed by atoms with E-state index in [9.17, 15) is 9.59 Å². The van der Waals surface area contributed by atoms with Crippen molar-refractivity contribution in [1.29, 1.82) is 0 Å². The molecule has 0 atom stereocenters. The number of carbonyl (C=O) groups excluding carboxylic acids is 2. The summed E-state index contributed by atoms with van der Waals surface area (Å²) in [5.41, 5.74) is 4.96. The Balaban J connectivity index is 2.57. The lowest BCUT2D eigenvalue weighted by molar-refractivity contribution is -0.150. The third-order valence-electron chi connectivity index (χ3n) is 2.69. The lowest BCUT2D eigenvalue weighted by Gasteiger charge is -2.36. The quantitative estimate of drug-likeness (QED) is 0.579. The van der Waals surface area contributed by atoms with E-state index in [1.54, 1.807) is 4.90 Å². The molecule has 14 heavy (non-hydrogen) atoms. The Labute approximate surface area is 83.2 Å². The molecule has 1 aliphatic rings. The van der Waals surface area contributed by atoms with Gasteiger partial charge in [-0.05, 0) is 12.8 Å². The SMILES string of the molecule is COC(=O)C1(N)CCN(C(C)=O)CC1. The molecule has 1 saturated heterocycles. The third-order valence-corrected chi connectivity index (χ3v) is 2.69. The number of nitrogens with zero attached hydrogens (tertiary/aromatic N) is 1. The third kappa shape index (κ3) is 2.04. The molecule has 5 heteroatoms. The normalized spacial score (nSPS) is 20.4. The summed E-state index contributed by atoms with van der Waals surface area (Å²) in [7, 11) is 1.33. The van der Waals surface area contributed by atoms with Gasteiger partial charge in [-0.25, -0.2) is 0 Å². The van der Waals surface area contributed by atoms with Crippen LogP contribution in [0.5, 0.6) is 0 Å². The summed E-state index contributed by atoms with van der Waals surface area (Å²) >= 11 is 0. The minimum absolute atomic E-state index is 0.0249. The van der Waals surface area contributed by atoms with Crippen LogP contribution in [0.1, 0.15) is 19.8 Å². The van der Waals surface area contributed by atoms with Crippen LogP contribution in [-0.2, 0) is 14.3 Å². The second-order valence-electron chi connectivity index (χ2n) is 3.65. The monoisotopic (exact) mass is 200 g/mol. The molecular formula is C9H16N2O3. The second-order valence-corrected chi connectivity index (χ2v) is 3.65. The lowest BCUT2D eigenvalue weighted by Crippen LogP contribution is -2.56. The van der Waals surface area contributed by atoms with Crippen LogP contribution in [0.2, 0.25) is 0 Å². The molecule has 1 fully saturated rings. The molecule has 0 radical (unpaired) electrons. The number of esters is 1. The van der Waals surface area contributed by atoms with Gasteiger partial charge in [-0.1, -0.05) is 0 Å². The molecule has 0 saturated carbocycles. The standard InChI is InChI=1S/C9H16N2O3/c1-7(12)11-5-3-9(10,4-6-11)8(13)14-2/h3-6,10H2,1-2H3. The summed E-state index contributed by atoms with van der Waals surface area (Å²) < 4.78 is 4.62. The van der Waals surface area contributed by atoms with Gasteiger partial charge in [0.2, 0.25) is 5.91 Å². The van der Waals surface area contributed by atoms with Gasteiger partial charge in [0.1, 0.15) is 5.54 Å². The Morgan fingerprint density at radius 3 is 2.21 bits per heavy atom. The van der Waals surface area contributed by atoms with Crippen LogP contribution in [0.3, 0.4) is 0 Å². The van der Waals surface area contributed by atoms with E-state index >= 15 is 0 Å². The van der Waals surface area contributed by atoms with Gasteiger partial charge in [-0.3, -0.25) is 9.59 Å². The van der Waals surface area contributed by atoms with Crippen molar-refractivity contribution in [2.45, 2.75) is 25.3 Å². The van der Waals surface area contributed by atoms with Gasteiger partial charge in [0.25, 0.3) is 0 Å². The van der Waals surface area contributed by atoms with Gasteiger partial charge in [-0.2, -0.15) is 0 Å². The Morgan fingerprint density at radius 1 is 1.36 bits per heavy atom. The molecule has 5 nitrogen and oxygen atoms in total. The van der Waals surface area contributed by atoms with Crippen LogP contribution in [0.4, 0.5) is 0 Å². The number of piperidine rings is 1. The van der Waals surface area contributed by atoms with Crippen LogP contribution in [0.25, 0.3) is 0 Å². The number of ether oxygens (including phenoxy) is 1. The van der Waals surface area contributed by atoms with Crippen molar-refractivity contribution in [1.82, 2.24) is 4.90 Å². The highest BCUT2D eigenvalue weighted by atomic mass is 16.5. The van der Waals surface area contributed by atoms with Crippen LogP contribution in [0.15, 0.2) is 0 Å². The molecule has 80 valence electrons. The van der Waals surface area contributed by atoms with E-state index in [1.807, 2.05) is 0 Å². The predicted molar refractivity (Wildman–Crippen MR) is 50.4 cm³/mol. The van der Waals surface area contributed by atoms with Gasteiger partial charge >= 0.3 is 5.97 Å². The van der Waals surface area contributed by atoms with E-state index in [1.165, 1.54) is 14.0 Å². The Morgan fingerprint density at radius 2 is 1.86 bits per heavy atom. The van der Waals surface area contributed by atoms with E-state index in [0.717, 1.165) is 0 Å². The molecule has 1 aliphatic heterocycles. The van der Waals surface area contributed by atoms with Crippen molar-refractivity contribution >= 4 is 11.9 Å². The molecular weight excluding hydrogens is 184 g/mol. The maximum atomic E-state index is 11.3. The molecule has 0 spiro atoms. The summed E-state index contributed by atoms with van der Waals surface area (Å²) in [5.74, 6) is -0.363. The molecule has 1 amide bonds. The Kier molecular flexibility index (Phi) is 3.10. The van der Waals surface area contributed by atoms with E-state index in [2.05, 4.69) is 4.74 Å². The molecule has 1 rings (SSSR count). The van der Waals surface area contributed by atoms with Crippen LogP contribution in [0, 0.1) is 0 Å². The molecule has 0 aliphatic carbocycles. The highest BCUT2D eigenvalue weighted by molar-refractivity contribution is 5.81. The van der Waals surface area contributed by atoms with Crippen molar-refractivity contribution in [3.63, 3.8) is 0 Å². The molecule has 1 heterocycles. The van der Waals surface area contributed by atoms with Gasteiger partial charge in [0, 0.05) is 20.0 Å².